The van der Waals surface area contributed by atoms with Crippen LogP contribution in [0.15, 0.2) is 30.5 Å². The van der Waals surface area contributed by atoms with Gasteiger partial charge in [-0.2, -0.15) is 0 Å². The minimum atomic E-state index is -0.0533. The second-order valence-electron chi connectivity index (χ2n) is 4.91. The lowest BCUT2D eigenvalue weighted by atomic mass is 10.2. The third-order valence-electron chi connectivity index (χ3n) is 2.85. The molecule has 2 N–H and O–H groups in total. The molecular weight excluding hydrogens is 254 g/mol. The molecule has 2 aromatic rings. The Morgan fingerprint density at radius 1 is 1.30 bits per heavy atom. The van der Waals surface area contributed by atoms with E-state index in [1.54, 1.807) is 10.9 Å². The van der Waals surface area contributed by atoms with Crippen molar-refractivity contribution < 1.29 is 4.79 Å². The van der Waals surface area contributed by atoms with E-state index >= 15 is 0 Å². The predicted molar refractivity (Wildman–Crippen MR) is 77.4 cm³/mol. The summed E-state index contributed by atoms with van der Waals surface area (Å²) in [5.41, 5.74) is 2.60. The van der Waals surface area contributed by atoms with Crippen LogP contribution < -0.4 is 10.6 Å². The number of rotatable bonds is 5. The molecule has 1 amide bonds. The van der Waals surface area contributed by atoms with Crippen LogP contribution in [0.25, 0.3) is 0 Å². The van der Waals surface area contributed by atoms with Crippen LogP contribution in [0.3, 0.4) is 0 Å². The second kappa shape index (κ2) is 6.18. The van der Waals surface area contributed by atoms with Crippen molar-refractivity contribution in [3.8, 4) is 0 Å². The zero-order chi connectivity index (χ0) is 14.5. The average molecular weight is 273 g/mol. The van der Waals surface area contributed by atoms with Gasteiger partial charge in [-0.25, -0.2) is 0 Å². The first-order chi connectivity index (χ1) is 9.56. The van der Waals surface area contributed by atoms with Crippen molar-refractivity contribution in [2.24, 2.45) is 7.05 Å². The van der Waals surface area contributed by atoms with E-state index in [9.17, 15) is 4.79 Å². The third-order valence-corrected chi connectivity index (χ3v) is 2.85. The Hall–Kier alpha value is -2.37. The summed E-state index contributed by atoms with van der Waals surface area (Å²) >= 11 is 0. The molecular formula is C14H19N5O. The Balaban J connectivity index is 1.95. The SMILES string of the molecule is CC(C)NC(=O)c1ccc(NCc2cnnn2C)cc1. The minimum absolute atomic E-state index is 0.0533. The van der Waals surface area contributed by atoms with E-state index in [1.165, 1.54) is 0 Å². The summed E-state index contributed by atoms with van der Waals surface area (Å²) in [5, 5.41) is 13.8. The van der Waals surface area contributed by atoms with Gasteiger partial charge in [-0.05, 0) is 38.1 Å². The Morgan fingerprint density at radius 3 is 2.55 bits per heavy atom. The third kappa shape index (κ3) is 3.57. The van der Waals surface area contributed by atoms with Crippen molar-refractivity contribution >= 4 is 11.6 Å². The number of carbonyl (C=O) groups is 1. The summed E-state index contributed by atoms with van der Waals surface area (Å²) in [5.74, 6) is -0.0533. The Morgan fingerprint density at radius 2 is 2.00 bits per heavy atom. The molecule has 1 heterocycles. The first-order valence-electron chi connectivity index (χ1n) is 6.54. The second-order valence-corrected chi connectivity index (χ2v) is 4.91. The maximum absolute atomic E-state index is 11.8. The molecule has 0 atom stereocenters. The number of anilines is 1. The summed E-state index contributed by atoms with van der Waals surface area (Å²) in [6, 6.07) is 7.53. The van der Waals surface area contributed by atoms with Crippen molar-refractivity contribution in [1.29, 1.82) is 0 Å². The number of hydrogen-bond acceptors (Lipinski definition) is 4. The zero-order valence-corrected chi connectivity index (χ0v) is 11.9. The van der Waals surface area contributed by atoms with Crippen LogP contribution in [0.5, 0.6) is 0 Å². The van der Waals surface area contributed by atoms with Crippen molar-refractivity contribution in [3.05, 3.63) is 41.7 Å². The van der Waals surface area contributed by atoms with Crippen molar-refractivity contribution in [2.45, 2.75) is 26.4 Å². The maximum Gasteiger partial charge on any atom is 0.251 e. The smallest absolute Gasteiger partial charge is 0.251 e. The maximum atomic E-state index is 11.8. The van der Waals surface area contributed by atoms with E-state index in [0.717, 1.165) is 11.4 Å². The highest BCUT2D eigenvalue weighted by Gasteiger charge is 2.06. The van der Waals surface area contributed by atoms with Gasteiger partial charge >= 0.3 is 0 Å². The number of amides is 1. The van der Waals surface area contributed by atoms with Gasteiger partial charge in [0.15, 0.2) is 0 Å². The summed E-state index contributed by atoms with van der Waals surface area (Å²) < 4.78 is 1.72. The van der Waals surface area contributed by atoms with Gasteiger partial charge in [0.1, 0.15) is 0 Å². The monoisotopic (exact) mass is 273 g/mol. The van der Waals surface area contributed by atoms with E-state index in [2.05, 4.69) is 20.9 Å². The molecule has 0 aliphatic heterocycles. The Bertz CT molecular complexity index is 574. The van der Waals surface area contributed by atoms with E-state index < -0.39 is 0 Å². The highest BCUT2D eigenvalue weighted by atomic mass is 16.1. The molecule has 0 aliphatic carbocycles. The Labute approximate surface area is 118 Å². The lowest BCUT2D eigenvalue weighted by molar-refractivity contribution is 0.0943. The summed E-state index contributed by atoms with van der Waals surface area (Å²) in [7, 11) is 1.85. The fraction of sp³-hybridized carbons (Fsp3) is 0.357. The predicted octanol–water partition coefficient (Wildman–Crippen LogP) is 1.57. The van der Waals surface area contributed by atoms with E-state index in [4.69, 9.17) is 0 Å². The molecule has 106 valence electrons. The van der Waals surface area contributed by atoms with Crippen LogP contribution in [-0.2, 0) is 13.6 Å². The standard InChI is InChI=1S/C14H19N5O/c1-10(2)17-14(20)11-4-6-12(7-5-11)15-8-13-9-16-18-19(13)3/h4-7,9-10,15H,8H2,1-3H3,(H,17,20). The lowest BCUT2D eigenvalue weighted by Gasteiger charge is -2.09. The zero-order valence-electron chi connectivity index (χ0n) is 11.9. The van der Waals surface area contributed by atoms with Gasteiger partial charge in [-0.15, -0.1) is 5.10 Å². The first-order valence-corrected chi connectivity index (χ1v) is 6.54. The largest absolute Gasteiger partial charge is 0.379 e. The molecule has 0 saturated carbocycles. The summed E-state index contributed by atoms with van der Waals surface area (Å²) in [6.07, 6.45) is 1.72. The molecule has 6 nitrogen and oxygen atoms in total. The molecule has 20 heavy (non-hydrogen) atoms. The number of carbonyl (C=O) groups excluding carboxylic acids is 1. The quantitative estimate of drug-likeness (QED) is 0.867. The van der Waals surface area contributed by atoms with Crippen molar-refractivity contribution in [2.75, 3.05) is 5.32 Å². The topological polar surface area (TPSA) is 71.8 Å². The molecule has 1 aromatic heterocycles. The Kier molecular flexibility index (Phi) is 4.34. The molecule has 0 unspecified atom stereocenters. The van der Waals surface area contributed by atoms with Crippen LogP contribution in [0.4, 0.5) is 5.69 Å². The molecule has 0 fully saturated rings. The number of benzene rings is 1. The number of nitrogens with one attached hydrogen (secondary N) is 2. The highest BCUT2D eigenvalue weighted by molar-refractivity contribution is 5.94. The normalized spacial score (nSPS) is 10.6. The van der Waals surface area contributed by atoms with Crippen molar-refractivity contribution in [3.63, 3.8) is 0 Å². The van der Waals surface area contributed by atoms with Crippen LogP contribution in [0.1, 0.15) is 29.9 Å². The van der Waals surface area contributed by atoms with Gasteiger partial charge in [0.2, 0.25) is 0 Å². The fourth-order valence-corrected chi connectivity index (χ4v) is 1.75. The molecule has 0 spiro atoms. The van der Waals surface area contributed by atoms with Gasteiger partial charge in [0.25, 0.3) is 5.91 Å². The first kappa shape index (κ1) is 14.0. The van der Waals surface area contributed by atoms with Crippen LogP contribution in [-0.4, -0.2) is 26.9 Å². The molecule has 6 heteroatoms. The van der Waals surface area contributed by atoms with E-state index in [-0.39, 0.29) is 11.9 Å². The van der Waals surface area contributed by atoms with Crippen LogP contribution >= 0.6 is 0 Å². The van der Waals surface area contributed by atoms with Gasteiger partial charge < -0.3 is 10.6 Å². The van der Waals surface area contributed by atoms with E-state index in [1.807, 2.05) is 45.2 Å². The molecule has 2 rings (SSSR count). The van der Waals surface area contributed by atoms with Gasteiger partial charge in [-0.3, -0.25) is 9.48 Å². The van der Waals surface area contributed by atoms with Gasteiger partial charge in [-0.1, -0.05) is 5.21 Å². The highest BCUT2D eigenvalue weighted by Crippen LogP contribution is 2.11. The molecule has 1 aromatic carbocycles. The molecule has 0 bridgehead atoms. The number of nitrogens with zero attached hydrogens (tertiary/aromatic N) is 3. The fourth-order valence-electron chi connectivity index (χ4n) is 1.75. The van der Waals surface area contributed by atoms with Gasteiger partial charge in [0.05, 0.1) is 18.4 Å². The van der Waals surface area contributed by atoms with Gasteiger partial charge in [0, 0.05) is 24.3 Å². The van der Waals surface area contributed by atoms with Crippen LogP contribution in [0, 0.1) is 0 Å². The summed E-state index contributed by atoms with van der Waals surface area (Å²) in [6.45, 7) is 4.52. The summed E-state index contributed by atoms with van der Waals surface area (Å²) in [4.78, 5) is 11.8. The number of hydrogen-bond donors (Lipinski definition) is 2. The molecule has 0 saturated heterocycles. The minimum Gasteiger partial charge on any atom is -0.379 e. The van der Waals surface area contributed by atoms with Crippen molar-refractivity contribution in [1.82, 2.24) is 20.3 Å². The number of aromatic nitrogens is 3. The van der Waals surface area contributed by atoms with Crippen LogP contribution in [0.2, 0.25) is 0 Å². The average Bonchev–Trinajstić information content (AvgIpc) is 2.82. The molecule has 0 radical (unpaired) electrons. The van der Waals surface area contributed by atoms with E-state index in [0.29, 0.717) is 12.1 Å². The number of aryl methyl sites for hydroxylation is 1. The lowest BCUT2D eigenvalue weighted by Crippen LogP contribution is -2.29. The molecule has 0 aliphatic rings.